The van der Waals surface area contributed by atoms with Crippen LogP contribution in [-0.2, 0) is 11.2 Å². The number of aromatic nitrogens is 1. The summed E-state index contributed by atoms with van der Waals surface area (Å²) >= 11 is 0. The molecule has 0 aliphatic carbocycles. The first-order valence-corrected chi connectivity index (χ1v) is 7.68. The van der Waals surface area contributed by atoms with Gasteiger partial charge in [0.25, 0.3) is 0 Å². The summed E-state index contributed by atoms with van der Waals surface area (Å²) in [4.78, 5) is 15.0. The third-order valence-corrected chi connectivity index (χ3v) is 3.78. The van der Waals surface area contributed by atoms with Gasteiger partial charge in [0.2, 0.25) is 0 Å². The lowest BCUT2D eigenvalue weighted by molar-refractivity contribution is -0.107. The number of pyridine rings is 1. The quantitative estimate of drug-likeness (QED) is 0.694. The predicted molar refractivity (Wildman–Crippen MR) is 93.9 cm³/mol. The summed E-state index contributed by atoms with van der Waals surface area (Å²) in [5.74, 6) is 0.454. The van der Waals surface area contributed by atoms with E-state index >= 15 is 0 Å². The Kier molecular flexibility index (Phi) is 4.66. The SMILES string of the molecule is Cc1cc(F)ccc1-c1ccnc(Nc2cccc(CC=O)c2)c1. The summed E-state index contributed by atoms with van der Waals surface area (Å²) in [6.45, 7) is 1.88. The molecule has 0 atom stereocenters. The molecule has 120 valence electrons. The molecular formula is C20H17FN2O. The zero-order valence-corrected chi connectivity index (χ0v) is 13.3. The molecule has 1 heterocycles. The molecule has 3 rings (SSSR count). The minimum Gasteiger partial charge on any atom is -0.340 e. The highest BCUT2D eigenvalue weighted by atomic mass is 19.1. The lowest BCUT2D eigenvalue weighted by atomic mass is 10.0. The van der Waals surface area contributed by atoms with Gasteiger partial charge in [-0.2, -0.15) is 0 Å². The van der Waals surface area contributed by atoms with Crippen LogP contribution in [-0.4, -0.2) is 11.3 Å². The Bertz CT molecular complexity index is 877. The zero-order chi connectivity index (χ0) is 16.9. The molecule has 1 N–H and O–H groups in total. The first-order chi connectivity index (χ1) is 11.7. The number of anilines is 2. The summed E-state index contributed by atoms with van der Waals surface area (Å²) in [6.07, 6.45) is 2.99. The number of carbonyl (C=O) groups is 1. The van der Waals surface area contributed by atoms with Crippen LogP contribution in [0, 0.1) is 12.7 Å². The van der Waals surface area contributed by atoms with Crippen molar-refractivity contribution in [2.75, 3.05) is 5.32 Å². The van der Waals surface area contributed by atoms with Crippen LogP contribution in [0.25, 0.3) is 11.1 Å². The second-order valence-corrected chi connectivity index (χ2v) is 5.59. The van der Waals surface area contributed by atoms with Gasteiger partial charge in [0, 0.05) is 18.3 Å². The average molecular weight is 320 g/mol. The number of carbonyl (C=O) groups excluding carboxylic acids is 1. The monoisotopic (exact) mass is 320 g/mol. The van der Waals surface area contributed by atoms with Gasteiger partial charge in [-0.15, -0.1) is 0 Å². The summed E-state index contributed by atoms with van der Waals surface area (Å²) < 4.78 is 13.3. The smallest absolute Gasteiger partial charge is 0.130 e. The van der Waals surface area contributed by atoms with Crippen LogP contribution in [0.3, 0.4) is 0 Å². The third kappa shape index (κ3) is 3.66. The minimum atomic E-state index is -0.240. The van der Waals surface area contributed by atoms with Gasteiger partial charge < -0.3 is 10.1 Å². The first-order valence-electron chi connectivity index (χ1n) is 7.68. The van der Waals surface area contributed by atoms with Gasteiger partial charge in [-0.05, 0) is 65.6 Å². The van der Waals surface area contributed by atoms with E-state index in [1.807, 2.05) is 43.3 Å². The number of aldehydes is 1. The highest BCUT2D eigenvalue weighted by Crippen LogP contribution is 2.26. The normalized spacial score (nSPS) is 10.4. The van der Waals surface area contributed by atoms with E-state index in [4.69, 9.17) is 0 Å². The zero-order valence-electron chi connectivity index (χ0n) is 13.3. The fourth-order valence-electron chi connectivity index (χ4n) is 2.64. The Hall–Kier alpha value is -3.01. The number of hydrogen-bond donors (Lipinski definition) is 1. The van der Waals surface area contributed by atoms with E-state index in [1.54, 1.807) is 12.3 Å². The molecule has 0 aliphatic rings. The molecule has 0 spiro atoms. The Labute approximate surface area is 140 Å². The molecule has 3 aromatic rings. The van der Waals surface area contributed by atoms with E-state index in [0.29, 0.717) is 12.2 Å². The lowest BCUT2D eigenvalue weighted by Crippen LogP contribution is -1.95. The van der Waals surface area contributed by atoms with Crippen molar-refractivity contribution in [3.05, 3.63) is 77.7 Å². The van der Waals surface area contributed by atoms with Crippen molar-refractivity contribution in [3.63, 3.8) is 0 Å². The lowest BCUT2D eigenvalue weighted by Gasteiger charge is -2.10. The molecule has 0 unspecified atom stereocenters. The van der Waals surface area contributed by atoms with E-state index in [0.717, 1.165) is 34.2 Å². The van der Waals surface area contributed by atoms with E-state index in [2.05, 4.69) is 10.3 Å². The molecule has 24 heavy (non-hydrogen) atoms. The standard InChI is InChI=1S/C20H17FN2O/c1-14-11-17(21)5-6-19(14)16-7-9-22-20(13-16)23-18-4-2-3-15(12-18)8-10-24/h2-7,9-13H,8H2,1H3,(H,22,23). The molecule has 3 nitrogen and oxygen atoms in total. The Morgan fingerprint density at radius 2 is 2.00 bits per heavy atom. The molecule has 0 saturated heterocycles. The number of halogens is 1. The number of nitrogens with zero attached hydrogens (tertiary/aromatic N) is 1. The highest BCUT2D eigenvalue weighted by molar-refractivity contribution is 5.71. The Morgan fingerprint density at radius 1 is 1.12 bits per heavy atom. The fraction of sp³-hybridized carbons (Fsp3) is 0.100. The number of rotatable bonds is 5. The first kappa shape index (κ1) is 15.9. The van der Waals surface area contributed by atoms with Crippen LogP contribution < -0.4 is 5.32 Å². The van der Waals surface area contributed by atoms with Crippen LogP contribution in [0.1, 0.15) is 11.1 Å². The molecule has 0 saturated carbocycles. The molecule has 0 bridgehead atoms. The van der Waals surface area contributed by atoms with Gasteiger partial charge in [-0.3, -0.25) is 0 Å². The van der Waals surface area contributed by atoms with Crippen molar-refractivity contribution in [1.82, 2.24) is 4.98 Å². The highest BCUT2D eigenvalue weighted by Gasteiger charge is 2.05. The number of nitrogens with one attached hydrogen (secondary N) is 1. The van der Waals surface area contributed by atoms with Crippen LogP contribution in [0.4, 0.5) is 15.9 Å². The van der Waals surface area contributed by atoms with Gasteiger partial charge >= 0.3 is 0 Å². The van der Waals surface area contributed by atoms with Crippen molar-refractivity contribution >= 4 is 17.8 Å². The van der Waals surface area contributed by atoms with Crippen molar-refractivity contribution < 1.29 is 9.18 Å². The summed E-state index contributed by atoms with van der Waals surface area (Å²) in [5, 5.41) is 3.24. The van der Waals surface area contributed by atoms with Crippen molar-refractivity contribution in [3.8, 4) is 11.1 Å². The van der Waals surface area contributed by atoms with Crippen LogP contribution in [0.5, 0.6) is 0 Å². The fourth-order valence-corrected chi connectivity index (χ4v) is 2.64. The maximum Gasteiger partial charge on any atom is 0.130 e. The van der Waals surface area contributed by atoms with E-state index in [1.165, 1.54) is 12.1 Å². The molecule has 2 aromatic carbocycles. The summed E-state index contributed by atoms with van der Waals surface area (Å²) in [5.41, 5.74) is 4.63. The second kappa shape index (κ2) is 7.04. The number of hydrogen-bond acceptors (Lipinski definition) is 3. The van der Waals surface area contributed by atoms with E-state index in [9.17, 15) is 9.18 Å². The van der Waals surface area contributed by atoms with Crippen molar-refractivity contribution in [2.24, 2.45) is 0 Å². The van der Waals surface area contributed by atoms with Gasteiger partial charge in [-0.1, -0.05) is 18.2 Å². The van der Waals surface area contributed by atoms with Crippen molar-refractivity contribution in [2.45, 2.75) is 13.3 Å². The van der Waals surface area contributed by atoms with Crippen LogP contribution in [0.2, 0.25) is 0 Å². The summed E-state index contributed by atoms with van der Waals surface area (Å²) in [6, 6.07) is 16.2. The largest absolute Gasteiger partial charge is 0.340 e. The van der Waals surface area contributed by atoms with Gasteiger partial charge in [-0.25, -0.2) is 9.37 Å². The molecule has 0 radical (unpaired) electrons. The Morgan fingerprint density at radius 3 is 2.79 bits per heavy atom. The van der Waals surface area contributed by atoms with E-state index in [-0.39, 0.29) is 5.82 Å². The van der Waals surface area contributed by atoms with Crippen LogP contribution >= 0.6 is 0 Å². The second-order valence-electron chi connectivity index (χ2n) is 5.59. The van der Waals surface area contributed by atoms with E-state index < -0.39 is 0 Å². The maximum absolute atomic E-state index is 13.3. The molecule has 0 fully saturated rings. The van der Waals surface area contributed by atoms with Crippen molar-refractivity contribution in [1.29, 1.82) is 0 Å². The minimum absolute atomic E-state index is 0.240. The predicted octanol–water partition coefficient (Wildman–Crippen LogP) is 4.68. The topological polar surface area (TPSA) is 42.0 Å². The summed E-state index contributed by atoms with van der Waals surface area (Å²) in [7, 11) is 0. The number of benzene rings is 2. The molecular weight excluding hydrogens is 303 g/mol. The average Bonchev–Trinajstić information content (AvgIpc) is 2.56. The third-order valence-electron chi connectivity index (χ3n) is 3.78. The van der Waals surface area contributed by atoms with Gasteiger partial charge in [0.1, 0.15) is 17.9 Å². The van der Waals surface area contributed by atoms with Gasteiger partial charge in [0.05, 0.1) is 0 Å². The molecule has 1 aromatic heterocycles. The Balaban J connectivity index is 1.88. The molecule has 4 heteroatoms. The van der Waals surface area contributed by atoms with Crippen LogP contribution in [0.15, 0.2) is 60.8 Å². The molecule has 0 aliphatic heterocycles. The number of aryl methyl sites for hydroxylation is 1. The van der Waals surface area contributed by atoms with Gasteiger partial charge in [0.15, 0.2) is 0 Å². The maximum atomic E-state index is 13.3. The molecule has 0 amide bonds.